The van der Waals surface area contributed by atoms with Crippen molar-refractivity contribution in [3.05, 3.63) is 29.8 Å². The van der Waals surface area contributed by atoms with Gasteiger partial charge in [-0.3, -0.25) is 0 Å². The maximum Gasteiger partial charge on any atom is 0.150 e. The summed E-state index contributed by atoms with van der Waals surface area (Å²) in [7, 11) is -2.90. The monoisotopic (exact) mass is 313 g/mol. The van der Waals surface area contributed by atoms with Gasteiger partial charge in [-0.25, -0.2) is 8.42 Å². The molecule has 1 aromatic carbocycles. The van der Waals surface area contributed by atoms with E-state index in [1.165, 1.54) is 5.56 Å². The Balaban J connectivity index is 2.46. The quantitative estimate of drug-likeness (QED) is 0.675. The fourth-order valence-electron chi connectivity index (χ4n) is 1.97. The van der Waals surface area contributed by atoms with Crippen LogP contribution in [0.15, 0.2) is 24.3 Å². The van der Waals surface area contributed by atoms with Crippen LogP contribution in [0.25, 0.3) is 0 Å². The van der Waals surface area contributed by atoms with E-state index in [0.29, 0.717) is 13.0 Å². The normalized spacial score (nSPS) is 13.1. The molecule has 0 aliphatic rings. The van der Waals surface area contributed by atoms with Crippen molar-refractivity contribution in [2.75, 3.05) is 24.7 Å². The maximum absolute atomic E-state index is 11.4. The first-order valence-corrected chi connectivity index (χ1v) is 9.47. The number of nitrogens with one attached hydrogen (secondary N) is 1. The minimum atomic E-state index is -2.90. The zero-order chi connectivity index (χ0) is 15.7. The Bertz CT molecular complexity index is 514. The number of rotatable bonds is 10. The Hall–Kier alpha value is -1.07. The highest BCUT2D eigenvalue weighted by molar-refractivity contribution is 7.91. The SMILES string of the molecule is CCCNC(C)c1cccc(OCCCS(=O)(=O)CC)c1. The highest BCUT2D eigenvalue weighted by Gasteiger charge is 2.08. The topological polar surface area (TPSA) is 55.4 Å². The van der Waals surface area contributed by atoms with Crippen LogP contribution in [0, 0.1) is 0 Å². The lowest BCUT2D eigenvalue weighted by Gasteiger charge is -2.15. The summed E-state index contributed by atoms with van der Waals surface area (Å²) in [4.78, 5) is 0. The predicted octanol–water partition coefficient (Wildman–Crippen LogP) is 2.95. The van der Waals surface area contributed by atoms with Crippen LogP contribution in [0.1, 0.15) is 45.2 Å². The summed E-state index contributed by atoms with van der Waals surface area (Å²) in [5, 5.41) is 3.44. The van der Waals surface area contributed by atoms with Crippen LogP contribution in [0.5, 0.6) is 5.75 Å². The van der Waals surface area contributed by atoms with Crippen molar-refractivity contribution in [2.45, 2.75) is 39.7 Å². The van der Waals surface area contributed by atoms with Gasteiger partial charge in [0, 0.05) is 11.8 Å². The molecule has 1 N–H and O–H groups in total. The first-order valence-electron chi connectivity index (χ1n) is 7.65. The fourth-order valence-corrected chi connectivity index (χ4v) is 2.81. The molecule has 4 nitrogen and oxygen atoms in total. The van der Waals surface area contributed by atoms with E-state index in [9.17, 15) is 8.42 Å². The Morgan fingerprint density at radius 2 is 2.05 bits per heavy atom. The minimum Gasteiger partial charge on any atom is -0.494 e. The zero-order valence-electron chi connectivity index (χ0n) is 13.3. The van der Waals surface area contributed by atoms with Crippen LogP contribution in [0.4, 0.5) is 0 Å². The van der Waals surface area contributed by atoms with Gasteiger partial charge in [0.1, 0.15) is 15.6 Å². The summed E-state index contributed by atoms with van der Waals surface area (Å²) in [5.74, 6) is 1.19. The lowest BCUT2D eigenvalue weighted by molar-refractivity contribution is 0.317. The van der Waals surface area contributed by atoms with Gasteiger partial charge >= 0.3 is 0 Å². The number of ether oxygens (including phenoxy) is 1. The van der Waals surface area contributed by atoms with Crippen molar-refractivity contribution in [3.63, 3.8) is 0 Å². The molecule has 0 heterocycles. The highest BCUT2D eigenvalue weighted by Crippen LogP contribution is 2.19. The molecule has 0 bridgehead atoms. The Labute approximate surface area is 128 Å². The van der Waals surface area contributed by atoms with E-state index in [4.69, 9.17) is 4.74 Å². The van der Waals surface area contributed by atoms with Crippen LogP contribution in [0.3, 0.4) is 0 Å². The standard InChI is InChI=1S/C16H27NO3S/c1-4-10-17-14(3)15-8-6-9-16(13-15)20-11-7-12-21(18,19)5-2/h6,8-9,13-14,17H,4-5,7,10-12H2,1-3H3. The molecule has 5 heteroatoms. The van der Waals surface area contributed by atoms with Crippen LogP contribution >= 0.6 is 0 Å². The lowest BCUT2D eigenvalue weighted by atomic mass is 10.1. The molecule has 0 aliphatic heterocycles. The third-order valence-corrected chi connectivity index (χ3v) is 5.16. The molecule has 1 atom stereocenters. The van der Waals surface area contributed by atoms with E-state index in [2.05, 4.69) is 25.2 Å². The molecule has 21 heavy (non-hydrogen) atoms. The summed E-state index contributed by atoms with van der Waals surface area (Å²) in [6.07, 6.45) is 1.64. The van der Waals surface area contributed by atoms with Gasteiger partial charge in [0.05, 0.1) is 12.4 Å². The van der Waals surface area contributed by atoms with Crippen molar-refractivity contribution in [3.8, 4) is 5.75 Å². The summed E-state index contributed by atoms with van der Waals surface area (Å²) >= 11 is 0. The molecule has 0 amide bonds. The molecule has 0 saturated heterocycles. The first kappa shape index (κ1) is 18.0. The van der Waals surface area contributed by atoms with E-state index in [0.717, 1.165) is 18.7 Å². The van der Waals surface area contributed by atoms with Crippen molar-refractivity contribution in [2.24, 2.45) is 0 Å². The second kappa shape index (κ2) is 9.05. The van der Waals surface area contributed by atoms with Gasteiger partial charge < -0.3 is 10.1 Å². The van der Waals surface area contributed by atoms with E-state index in [1.54, 1.807) is 6.92 Å². The summed E-state index contributed by atoms with van der Waals surface area (Å²) in [6, 6.07) is 8.25. The van der Waals surface area contributed by atoms with Crippen LogP contribution in [-0.4, -0.2) is 33.1 Å². The molecular formula is C16H27NO3S. The van der Waals surface area contributed by atoms with E-state index in [-0.39, 0.29) is 17.5 Å². The third-order valence-electron chi connectivity index (χ3n) is 3.37. The number of benzene rings is 1. The molecular weight excluding hydrogens is 286 g/mol. The third kappa shape index (κ3) is 6.96. The summed E-state index contributed by atoms with van der Waals surface area (Å²) in [6.45, 7) is 7.36. The Morgan fingerprint density at radius 1 is 1.29 bits per heavy atom. The second-order valence-corrected chi connectivity index (χ2v) is 7.66. The maximum atomic E-state index is 11.4. The number of hydrogen-bond donors (Lipinski definition) is 1. The van der Waals surface area contributed by atoms with Crippen LogP contribution < -0.4 is 10.1 Å². The fraction of sp³-hybridized carbons (Fsp3) is 0.625. The Morgan fingerprint density at radius 3 is 2.71 bits per heavy atom. The van der Waals surface area contributed by atoms with E-state index in [1.807, 2.05) is 18.2 Å². The molecule has 1 unspecified atom stereocenters. The van der Waals surface area contributed by atoms with Gasteiger partial charge in [-0.1, -0.05) is 26.0 Å². The molecule has 1 aromatic rings. The lowest BCUT2D eigenvalue weighted by Crippen LogP contribution is -2.19. The molecule has 120 valence electrons. The number of sulfone groups is 1. The van der Waals surface area contributed by atoms with Crippen molar-refractivity contribution in [1.29, 1.82) is 0 Å². The molecule has 1 rings (SSSR count). The largest absolute Gasteiger partial charge is 0.494 e. The van der Waals surface area contributed by atoms with Gasteiger partial charge in [-0.05, 0) is 44.0 Å². The molecule has 0 aliphatic carbocycles. The van der Waals surface area contributed by atoms with Crippen molar-refractivity contribution >= 4 is 9.84 Å². The summed E-state index contributed by atoms with van der Waals surface area (Å²) < 4.78 is 28.4. The average molecular weight is 313 g/mol. The molecule has 0 spiro atoms. The average Bonchev–Trinajstić information content (AvgIpc) is 2.49. The zero-order valence-corrected chi connectivity index (χ0v) is 14.1. The number of hydrogen-bond acceptors (Lipinski definition) is 4. The highest BCUT2D eigenvalue weighted by atomic mass is 32.2. The van der Waals surface area contributed by atoms with Crippen LogP contribution in [0.2, 0.25) is 0 Å². The van der Waals surface area contributed by atoms with Gasteiger partial charge in [0.2, 0.25) is 0 Å². The molecule has 0 saturated carbocycles. The molecule has 0 aromatic heterocycles. The van der Waals surface area contributed by atoms with Gasteiger partial charge in [-0.15, -0.1) is 0 Å². The first-order chi connectivity index (χ1) is 9.98. The minimum absolute atomic E-state index is 0.192. The molecule has 0 fully saturated rings. The van der Waals surface area contributed by atoms with Crippen LogP contribution in [-0.2, 0) is 9.84 Å². The van der Waals surface area contributed by atoms with Gasteiger partial charge in [0.15, 0.2) is 0 Å². The van der Waals surface area contributed by atoms with Gasteiger partial charge in [0.25, 0.3) is 0 Å². The predicted molar refractivity (Wildman–Crippen MR) is 87.6 cm³/mol. The van der Waals surface area contributed by atoms with Crippen molar-refractivity contribution < 1.29 is 13.2 Å². The second-order valence-electron chi connectivity index (χ2n) is 5.19. The van der Waals surface area contributed by atoms with Crippen molar-refractivity contribution in [1.82, 2.24) is 5.32 Å². The van der Waals surface area contributed by atoms with E-state index >= 15 is 0 Å². The summed E-state index contributed by atoms with van der Waals surface area (Å²) in [5.41, 5.74) is 1.18. The smallest absolute Gasteiger partial charge is 0.150 e. The Kier molecular flexibility index (Phi) is 7.75. The molecule has 0 radical (unpaired) electrons. The van der Waals surface area contributed by atoms with E-state index < -0.39 is 9.84 Å². The van der Waals surface area contributed by atoms with Gasteiger partial charge in [-0.2, -0.15) is 0 Å².